The summed E-state index contributed by atoms with van der Waals surface area (Å²) in [6.07, 6.45) is 1.47. The Morgan fingerprint density at radius 3 is 2.84 bits per heavy atom. The molecule has 0 bridgehead atoms. The Morgan fingerprint density at radius 2 is 2.16 bits per heavy atom. The number of likely N-dealkylation sites (tertiary alicyclic amines) is 1. The summed E-state index contributed by atoms with van der Waals surface area (Å²) in [5.41, 5.74) is 1.38. The monoisotopic (exact) mass is 341 g/mol. The number of nitrogens with zero attached hydrogens (tertiary/aromatic N) is 3. The molecule has 1 aromatic heterocycles. The lowest BCUT2D eigenvalue weighted by atomic mass is 9.94. The third-order valence-corrected chi connectivity index (χ3v) is 4.39. The molecule has 1 amide bonds. The Hall–Kier alpha value is -2.55. The third kappa shape index (κ3) is 3.76. The normalized spacial score (nSPS) is 21.2. The highest BCUT2D eigenvalue weighted by atomic mass is 16.6. The van der Waals surface area contributed by atoms with Gasteiger partial charge in [0.2, 0.25) is 0 Å². The van der Waals surface area contributed by atoms with Crippen LogP contribution >= 0.6 is 0 Å². The second-order valence-electron chi connectivity index (χ2n) is 7.60. The summed E-state index contributed by atoms with van der Waals surface area (Å²) in [5.74, 6) is 0.646. The van der Waals surface area contributed by atoms with Crippen molar-refractivity contribution in [1.82, 2.24) is 9.88 Å². The molecule has 0 saturated carbocycles. The smallest absolute Gasteiger partial charge is 0.410 e. The molecule has 3 rings (SSSR count). The second-order valence-corrected chi connectivity index (χ2v) is 7.60. The maximum Gasteiger partial charge on any atom is 0.410 e. The molecule has 1 saturated heterocycles. The van der Waals surface area contributed by atoms with Gasteiger partial charge in [-0.3, -0.25) is 0 Å². The number of hydrogen-bond donors (Lipinski definition) is 0. The van der Waals surface area contributed by atoms with Crippen molar-refractivity contribution in [2.75, 3.05) is 6.54 Å². The molecule has 132 valence electrons. The molecule has 0 spiro atoms. The zero-order valence-electron chi connectivity index (χ0n) is 15.1. The first-order valence-corrected chi connectivity index (χ1v) is 8.57. The van der Waals surface area contributed by atoms with Crippen LogP contribution in [0.15, 0.2) is 22.6 Å². The molecule has 1 aliphatic rings. The predicted molar refractivity (Wildman–Crippen MR) is 93.1 cm³/mol. The topological polar surface area (TPSA) is 79.4 Å². The lowest BCUT2D eigenvalue weighted by Crippen LogP contribution is -2.47. The summed E-state index contributed by atoms with van der Waals surface area (Å²) in [6, 6.07) is 7.43. The van der Waals surface area contributed by atoms with Crippen molar-refractivity contribution in [1.29, 1.82) is 5.26 Å². The Morgan fingerprint density at radius 1 is 1.40 bits per heavy atom. The highest BCUT2D eigenvalue weighted by Gasteiger charge is 2.34. The van der Waals surface area contributed by atoms with Gasteiger partial charge in [0.25, 0.3) is 0 Å². The van der Waals surface area contributed by atoms with Crippen LogP contribution in [-0.4, -0.2) is 34.2 Å². The van der Waals surface area contributed by atoms with E-state index in [9.17, 15) is 4.79 Å². The first kappa shape index (κ1) is 17.3. The summed E-state index contributed by atoms with van der Waals surface area (Å²) >= 11 is 0. The maximum absolute atomic E-state index is 12.5. The molecule has 0 aliphatic carbocycles. The van der Waals surface area contributed by atoms with Gasteiger partial charge < -0.3 is 14.1 Å². The first-order valence-electron chi connectivity index (χ1n) is 8.57. The predicted octanol–water partition coefficient (Wildman–Crippen LogP) is 4.20. The van der Waals surface area contributed by atoms with E-state index in [4.69, 9.17) is 14.4 Å². The van der Waals surface area contributed by atoms with Crippen molar-refractivity contribution < 1.29 is 13.9 Å². The van der Waals surface area contributed by atoms with Gasteiger partial charge in [0, 0.05) is 12.6 Å². The van der Waals surface area contributed by atoms with Gasteiger partial charge in [-0.2, -0.15) is 5.26 Å². The van der Waals surface area contributed by atoms with Crippen molar-refractivity contribution in [2.45, 2.75) is 58.1 Å². The van der Waals surface area contributed by atoms with E-state index in [1.165, 1.54) is 0 Å². The molecule has 1 fully saturated rings. The third-order valence-electron chi connectivity index (χ3n) is 4.39. The number of oxazole rings is 1. The molecule has 1 aromatic carbocycles. The molecule has 0 unspecified atom stereocenters. The number of amides is 1. The van der Waals surface area contributed by atoms with Crippen LogP contribution in [0.25, 0.3) is 11.1 Å². The highest BCUT2D eigenvalue weighted by Crippen LogP contribution is 2.32. The van der Waals surface area contributed by atoms with E-state index < -0.39 is 5.60 Å². The minimum atomic E-state index is -0.519. The van der Waals surface area contributed by atoms with Gasteiger partial charge in [0.1, 0.15) is 11.1 Å². The van der Waals surface area contributed by atoms with Crippen LogP contribution in [0.3, 0.4) is 0 Å². The van der Waals surface area contributed by atoms with Crippen molar-refractivity contribution in [3.63, 3.8) is 0 Å². The summed E-state index contributed by atoms with van der Waals surface area (Å²) in [4.78, 5) is 18.8. The standard InChI is InChI=1S/C19H23N3O3/c1-12-5-7-14(11-22(12)18(23)25-19(2,3)4)17-21-15-9-13(10-20)6-8-16(15)24-17/h6,8-9,12,14H,5,7,11H2,1-4H3/t12-,14-/m1/s1. The lowest BCUT2D eigenvalue weighted by Gasteiger charge is -2.37. The van der Waals surface area contributed by atoms with Gasteiger partial charge in [0.15, 0.2) is 11.5 Å². The SMILES string of the molecule is C[C@@H]1CC[C@@H](c2nc3cc(C#N)ccc3o2)CN1C(=O)OC(C)(C)C. The molecule has 0 radical (unpaired) electrons. The Kier molecular flexibility index (Phi) is 4.42. The van der Waals surface area contributed by atoms with Gasteiger partial charge >= 0.3 is 6.09 Å². The van der Waals surface area contributed by atoms with E-state index in [2.05, 4.69) is 11.1 Å². The molecular weight excluding hydrogens is 318 g/mol. The number of hydrogen-bond acceptors (Lipinski definition) is 5. The van der Waals surface area contributed by atoms with Crippen molar-refractivity contribution in [3.8, 4) is 6.07 Å². The average molecular weight is 341 g/mol. The fraction of sp³-hybridized carbons (Fsp3) is 0.526. The number of aromatic nitrogens is 1. The summed E-state index contributed by atoms with van der Waals surface area (Å²) in [6.45, 7) is 8.15. The average Bonchev–Trinajstić information content (AvgIpc) is 2.96. The summed E-state index contributed by atoms with van der Waals surface area (Å²) in [5, 5.41) is 9.00. The first-order chi connectivity index (χ1) is 11.8. The van der Waals surface area contributed by atoms with E-state index in [0.717, 1.165) is 12.8 Å². The fourth-order valence-corrected chi connectivity index (χ4v) is 3.07. The molecule has 1 aliphatic heterocycles. The number of rotatable bonds is 1. The summed E-state index contributed by atoms with van der Waals surface area (Å²) < 4.78 is 11.4. The Balaban J connectivity index is 1.81. The highest BCUT2D eigenvalue weighted by molar-refractivity contribution is 5.74. The molecule has 25 heavy (non-hydrogen) atoms. The van der Waals surface area contributed by atoms with Crippen molar-refractivity contribution in [3.05, 3.63) is 29.7 Å². The van der Waals surface area contributed by atoms with Crippen molar-refractivity contribution >= 4 is 17.2 Å². The van der Waals surface area contributed by atoms with E-state index in [1.54, 1.807) is 23.1 Å². The van der Waals surface area contributed by atoms with Gasteiger partial charge in [-0.15, -0.1) is 0 Å². The van der Waals surface area contributed by atoms with Crippen LogP contribution in [0, 0.1) is 11.3 Å². The van der Waals surface area contributed by atoms with Gasteiger partial charge in [0.05, 0.1) is 17.6 Å². The molecule has 2 heterocycles. The van der Waals surface area contributed by atoms with Crippen LogP contribution in [0.4, 0.5) is 4.79 Å². The number of carbonyl (C=O) groups excluding carboxylic acids is 1. The zero-order valence-corrected chi connectivity index (χ0v) is 15.1. The molecular formula is C19H23N3O3. The fourth-order valence-electron chi connectivity index (χ4n) is 3.07. The number of carbonyl (C=O) groups is 1. The van der Waals surface area contributed by atoms with Crippen LogP contribution in [0.5, 0.6) is 0 Å². The van der Waals surface area contributed by atoms with E-state index in [0.29, 0.717) is 29.1 Å². The molecule has 6 nitrogen and oxygen atoms in total. The minimum Gasteiger partial charge on any atom is -0.444 e. The molecule has 2 atom stereocenters. The Bertz CT molecular complexity index is 829. The maximum atomic E-state index is 12.5. The van der Waals surface area contributed by atoms with Gasteiger partial charge in [-0.1, -0.05) is 0 Å². The van der Waals surface area contributed by atoms with E-state index in [1.807, 2.05) is 27.7 Å². The summed E-state index contributed by atoms with van der Waals surface area (Å²) in [7, 11) is 0. The number of nitriles is 1. The van der Waals surface area contributed by atoms with Gasteiger partial charge in [-0.05, 0) is 58.7 Å². The molecule has 6 heteroatoms. The van der Waals surface area contributed by atoms with Crippen molar-refractivity contribution in [2.24, 2.45) is 0 Å². The number of piperidine rings is 1. The molecule has 0 N–H and O–H groups in total. The van der Waals surface area contributed by atoms with Crippen LogP contribution in [0.1, 0.15) is 57.9 Å². The largest absolute Gasteiger partial charge is 0.444 e. The quantitative estimate of drug-likeness (QED) is 0.776. The van der Waals surface area contributed by atoms with Crippen LogP contribution in [0.2, 0.25) is 0 Å². The van der Waals surface area contributed by atoms with E-state index >= 15 is 0 Å². The van der Waals surface area contributed by atoms with Crippen LogP contribution < -0.4 is 0 Å². The van der Waals surface area contributed by atoms with Crippen LogP contribution in [-0.2, 0) is 4.74 Å². The number of ether oxygens (including phenoxy) is 1. The second kappa shape index (κ2) is 6.40. The van der Waals surface area contributed by atoms with Gasteiger partial charge in [-0.25, -0.2) is 9.78 Å². The lowest BCUT2D eigenvalue weighted by molar-refractivity contribution is 0.00876. The number of fused-ring (bicyclic) bond motifs is 1. The zero-order chi connectivity index (χ0) is 18.2. The minimum absolute atomic E-state index is 0.0293. The Labute approximate surface area is 147 Å². The van der Waals surface area contributed by atoms with E-state index in [-0.39, 0.29) is 18.1 Å². The molecule has 2 aromatic rings. The number of benzene rings is 1.